The van der Waals surface area contributed by atoms with Gasteiger partial charge in [-0.3, -0.25) is 0 Å². The summed E-state index contributed by atoms with van der Waals surface area (Å²) >= 11 is 0. The lowest BCUT2D eigenvalue weighted by molar-refractivity contribution is 1.29. The fourth-order valence-corrected chi connectivity index (χ4v) is 6.67. The van der Waals surface area contributed by atoms with Crippen LogP contribution in [0.1, 0.15) is 5.56 Å². The van der Waals surface area contributed by atoms with Gasteiger partial charge in [-0.1, -0.05) is 127 Å². The van der Waals surface area contributed by atoms with Crippen molar-refractivity contribution in [1.29, 1.82) is 0 Å². The fourth-order valence-electron chi connectivity index (χ4n) is 6.67. The number of hydrogen-bond acceptors (Lipinski definition) is 2. The van der Waals surface area contributed by atoms with Crippen molar-refractivity contribution >= 4 is 50.0 Å². The molecule has 0 fully saturated rings. The average molecular weight is 603 g/mol. The second-order valence-electron chi connectivity index (χ2n) is 12.0. The monoisotopic (exact) mass is 602 g/mol. The lowest BCUT2D eigenvalue weighted by atomic mass is 9.85. The zero-order valence-electron chi connectivity index (χ0n) is 26.3. The van der Waals surface area contributed by atoms with Crippen molar-refractivity contribution in [3.63, 3.8) is 0 Å². The third-order valence-corrected chi connectivity index (χ3v) is 8.85. The minimum absolute atomic E-state index is 1.06. The molecule has 0 saturated carbocycles. The molecule has 0 aliphatic heterocycles. The van der Waals surface area contributed by atoms with Crippen LogP contribution in [0.4, 0.5) is 28.4 Å². The molecule has 0 atom stereocenters. The summed E-state index contributed by atoms with van der Waals surface area (Å²) in [5.41, 5.74) is 11.6. The van der Waals surface area contributed by atoms with Gasteiger partial charge < -0.3 is 10.2 Å². The predicted octanol–water partition coefficient (Wildman–Crippen LogP) is 12.8. The Hall–Kier alpha value is -6.12. The van der Waals surface area contributed by atoms with Crippen molar-refractivity contribution in [3.8, 4) is 22.3 Å². The lowest BCUT2D eigenvalue weighted by Gasteiger charge is -2.27. The van der Waals surface area contributed by atoms with Crippen molar-refractivity contribution in [1.82, 2.24) is 0 Å². The van der Waals surface area contributed by atoms with Gasteiger partial charge in [0.2, 0.25) is 0 Å². The molecule has 0 unspecified atom stereocenters. The molecule has 1 N–H and O–H groups in total. The summed E-state index contributed by atoms with van der Waals surface area (Å²) in [5, 5.41) is 8.53. The Balaban J connectivity index is 1.45. The molecule has 0 bridgehead atoms. The van der Waals surface area contributed by atoms with E-state index in [1.165, 1.54) is 49.4 Å². The van der Waals surface area contributed by atoms with Crippen molar-refractivity contribution in [2.45, 2.75) is 6.92 Å². The van der Waals surface area contributed by atoms with E-state index >= 15 is 0 Å². The van der Waals surface area contributed by atoms with Gasteiger partial charge in [0.15, 0.2) is 0 Å². The summed E-state index contributed by atoms with van der Waals surface area (Å²) in [6.45, 7) is 2.15. The van der Waals surface area contributed by atoms with E-state index in [9.17, 15) is 0 Å². The number of para-hydroxylation sites is 3. The van der Waals surface area contributed by atoms with E-state index in [1.807, 2.05) is 6.07 Å². The van der Waals surface area contributed by atoms with Gasteiger partial charge in [0.05, 0.1) is 0 Å². The first-order valence-electron chi connectivity index (χ1n) is 16.1. The summed E-state index contributed by atoms with van der Waals surface area (Å²) < 4.78 is 0. The Bertz CT molecular complexity index is 2260. The van der Waals surface area contributed by atoms with Crippen LogP contribution in [-0.4, -0.2) is 0 Å². The first kappa shape index (κ1) is 28.4. The van der Waals surface area contributed by atoms with E-state index in [0.717, 1.165) is 28.4 Å². The van der Waals surface area contributed by atoms with Gasteiger partial charge in [-0.2, -0.15) is 0 Å². The Labute approximate surface area is 276 Å². The molecule has 47 heavy (non-hydrogen) atoms. The van der Waals surface area contributed by atoms with E-state index in [0.29, 0.717) is 0 Å². The number of rotatable bonds is 7. The van der Waals surface area contributed by atoms with Gasteiger partial charge in [-0.15, -0.1) is 0 Å². The first-order valence-corrected chi connectivity index (χ1v) is 16.1. The fraction of sp³-hybridized carbons (Fsp3) is 0.0222. The van der Waals surface area contributed by atoms with Crippen LogP contribution in [0.5, 0.6) is 0 Å². The summed E-state index contributed by atoms with van der Waals surface area (Å²) in [4.78, 5) is 2.34. The van der Waals surface area contributed by atoms with E-state index in [1.54, 1.807) is 0 Å². The average Bonchev–Trinajstić information content (AvgIpc) is 3.13. The minimum Gasteiger partial charge on any atom is -0.356 e. The highest BCUT2D eigenvalue weighted by molar-refractivity contribution is 6.22. The predicted molar refractivity (Wildman–Crippen MR) is 201 cm³/mol. The van der Waals surface area contributed by atoms with Crippen LogP contribution < -0.4 is 10.2 Å². The van der Waals surface area contributed by atoms with E-state index in [4.69, 9.17) is 0 Å². The van der Waals surface area contributed by atoms with Crippen LogP contribution in [-0.2, 0) is 0 Å². The SMILES string of the molecule is Cc1ccc(-c2c3ccc(Nc4ccccc4)cc3c(-c3ccccc3)c3ccc(N(c4ccccc4)c4ccccc4)cc23)cc1. The second-order valence-corrected chi connectivity index (χ2v) is 12.0. The van der Waals surface area contributed by atoms with Gasteiger partial charge in [0.1, 0.15) is 0 Å². The van der Waals surface area contributed by atoms with Crippen LogP contribution >= 0.6 is 0 Å². The maximum atomic E-state index is 3.64. The Morgan fingerprint density at radius 2 is 0.851 bits per heavy atom. The number of benzene rings is 8. The van der Waals surface area contributed by atoms with Crippen LogP contribution in [0.15, 0.2) is 182 Å². The summed E-state index contributed by atoms with van der Waals surface area (Å²) in [5.74, 6) is 0. The summed E-state index contributed by atoms with van der Waals surface area (Å²) in [6, 6.07) is 65.2. The number of fused-ring (bicyclic) bond motifs is 2. The summed E-state index contributed by atoms with van der Waals surface area (Å²) in [7, 11) is 0. The van der Waals surface area contributed by atoms with Crippen LogP contribution in [0.3, 0.4) is 0 Å². The molecule has 0 amide bonds. The normalized spacial score (nSPS) is 11.1. The molecule has 8 aromatic carbocycles. The third-order valence-electron chi connectivity index (χ3n) is 8.85. The number of hydrogen-bond donors (Lipinski definition) is 1. The van der Waals surface area contributed by atoms with Crippen LogP contribution in [0.2, 0.25) is 0 Å². The van der Waals surface area contributed by atoms with Crippen LogP contribution in [0.25, 0.3) is 43.8 Å². The van der Waals surface area contributed by atoms with Gasteiger partial charge in [-0.25, -0.2) is 0 Å². The van der Waals surface area contributed by atoms with Crippen molar-refractivity contribution < 1.29 is 0 Å². The Morgan fingerprint density at radius 3 is 1.45 bits per heavy atom. The number of nitrogens with one attached hydrogen (secondary N) is 1. The molecule has 2 nitrogen and oxygen atoms in total. The largest absolute Gasteiger partial charge is 0.356 e. The Morgan fingerprint density at radius 1 is 0.362 bits per heavy atom. The van der Waals surface area contributed by atoms with Crippen molar-refractivity contribution in [2.24, 2.45) is 0 Å². The number of aryl methyl sites for hydroxylation is 1. The molecule has 0 radical (unpaired) electrons. The second kappa shape index (κ2) is 12.3. The van der Waals surface area contributed by atoms with E-state index in [-0.39, 0.29) is 0 Å². The third kappa shape index (κ3) is 5.51. The number of anilines is 5. The molecular weight excluding hydrogens is 569 g/mol. The molecule has 0 aromatic heterocycles. The zero-order valence-corrected chi connectivity index (χ0v) is 26.3. The molecule has 8 rings (SSSR count). The molecule has 0 spiro atoms. The molecule has 2 heteroatoms. The maximum absolute atomic E-state index is 3.64. The summed E-state index contributed by atoms with van der Waals surface area (Å²) in [6.07, 6.45) is 0. The molecule has 224 valence electrons. The topological polar surface area (TPSA) is 15.3 Å². The minimum atomic E-state index is 1.06. The van der Waals surface area contributed by atoms with Crippen molar-refractivity contribution in [3.05, 3.63) is 188 Å². The molecule has 0 saturated heterocycles. The highest BCUT2D eigenvalue weighted by atomic mass is 15.1. The maximum Gasteiger partial charge on any atom is 0.0468 e. The smallest absolute Gasteiger partial charge is 0.0468 e. The van der Waals surface area contributed by atoms with Crippen molar-refractivity contribution in [2.75, 3.05) is 10.2 Å². The highest BCUT2D eigenvalue weighted by Crippen LogP contribution is 2.47. The first-order chi connectivity index (χ1) is 23.2. The molecule has 0 aliphatic rings. The van der Waals surface area contributed by atoms with E-state index in [2.05, 4.69) is 193 Å². The van der Waals surface area contributed by atoms with Gasteiger partial charge in [0, 0.05) is 28.4 Å². The van der Waals surface area contributed by atoms with Gasteiger partial charge in [0.25, 0.3) is 0 Å². The molecule has 0 aliphatic carbocycles. The number of nitrogens with zero attached hydrogens (tertiary/aromatic N) is 1. The van der Waals surface area contributed by atoms with Gasteiger partial charge in [-0.05, 0) is 111 Å². The standard InChI is InChI=1S/C45H34N2/c1-32-22-24-34(25-23-32)45-40-28-26-36(46-35-16-8-3-9-17-35)30-42(40)44(33-14-6-2-7-15-33)41-29-27-39(31-43(41)45)47(37-18-10-4-11-19-37)38-20-12-5-13-21-38/h2-31,46H,1H3. The highest BCUT2D eigenvalue weighted by Gasteiger charge is 2.20. The molecular formula is C45H34N2. The lowest BCUT2D eigenvalue weighted by Crippen LogP contribution is -2.09. The zero-order chi connectivity index (χ0) is 31.6. The Kier molecular flexibility index (Phi) is 7.45. The molecule has 0 heterocycles. The van der Waals surface area contributed by atoms with Gasteiger partial charge >= 0.3 is 0 Å². The molecule has 8 aromatic rings. The van der Waals surface area contributed by atoms with Crippen LogP contribution in [0, 0.1) is 6.92 Å². The van der Waals surface area contributed by atoms with E-state index < -0.39 is 0 Å². The quantitative estimate of drug-likeness (QED) is 0.183.